The molecule has 2 bridgehead atoms. The van der Waals surface area contributed by atoms with Gasteiger partial charge in [0.05, 0.1) is 39.1 Å². The number of carbonyl (C=O) groups is 1. The van der Waals surface area contributed by atoms with Gasteiger partial charge in [0, 0.05) is 44.0 Å². The van der Waals surface area contributed by atoms with Gasteiger partial charge in [0.1, 0.15) is 5.75 Å². The number of H-pyrrole nitrogens is 1. The Hall–Kier alpha value is -2.38. The van der Waals surface area contributed by atoms with E-state index in [-0.39, 0.29) is 11.9 Å². The minimum absolute atomic E-state index is 0.0890. The summed E-state index contributed by atoms with van der Waals surface area (Å²) in [6.07, 6.45) is 3.99. The van der Waals surface area contributed by atoms with Crippen LogP contribution >= 0.6 is 0 Å². The van der Waals surface area contributed by atoms with Gasteiger partial charge in [-0.3, -0.25) is 9.69 Å². The second-order valence-electron chi connectivity index (χ2n) is 7.40. The third-order valence-electron chi connectivity index (χ3n) is 5.33. The first kappa shape index (κ1) is 18.0. The molecule has 2 aliphatic heterocycles. The molecule has 4 rings (SSSR count). The molecular formula is C20H26N4O3. The Kier molecular flexibility index (Phi) is 5.40. The number of rotatable bonds is 5. The minimum atomic E-state index is 0.0890. The van der Waals surface area contributed by atoms with Gasteiger partial charge in [0.2, 0.25) is 5.91 Å². The van der Waals surface area contributed by atoms with Gasteiger partial charge >= 0.3 is 0 Å². The first-order valence-electron chi connectivity index (χ1n) is 9.41. The van der Waals surface area contributed by atoms with E-state index >= 15 is 0 Å². The Balaban J connectivity index is 1.44. The molecule has 0 radical (unpaired) electrons. The lowest BCUT2D eigenvalue weighted by atomic mass is 10.1. The van der Waals surface area contributed by atoms with E-state index in [1.807, 2.05) is 35.4 Å². The highest BCUT2D eigenvalue weighted by atomic mass is 16.5. The second-order valence-corrected chi connectivity index (χ2v) is 7.40. The van der Waals surface area contributed by atoms with Crippen LogP contribution in [-0.2, 0) is 22.5 Å². The van der Waals surface area contributed by atoms with Crippen molar-refractivity contribution in [2.45, 2.75) is 19.0 Å². The highest BCUT2D eigenvalue weighted by Gasteiger charge is 2.35. The van der Waals surface area contributed by atoms with Gasteiger partial charge in [0.25, 0.3) is 0 Å². The van der Waals surface area contributed by atoms with Crippen molar-refractivity contribution >= 4 is 5.91 Å². The topological polar surface area (TPSA) is 70.7 Å². The Morgan fingerprint density at radius 3 is 2.85 bits per heavy atom. The van der Waals surface area contributed by atoms with Crippen LogP contribution in [-0.4, -0.2) is 71.7 Å². The van der Waals surface area contributed by atoms with Crippen molar-refractivity contribution in [2.75, 3.05) is 40.0 Å². The van der Waals surface area contributed by atoms with Gasteiger partial charge in [-0.1, -0.05) is 12.1 Å². The fraction of sp³-hybridized carbons (Fsp3) is 0.500. The molecule has 0 unspecified atom stereocenters. The first-order chi connectivity index (χ1) is 13.2. The van der Waals surface area contributed by atoms with Gasteiger partial charge in [0.15, 0.2) is 0 Å². The third kappa shape index (κ3) is 4.31. The van der Waals surface area contributed by atoms with Crippen LogP contribution in [0, 0.1) is 5.92 Å². The molecular weight excluding hydrogens is 344 g/mol. The summed E-state index contributed by atoms with van der Waals surface area (Å²) in [6.45, 7) is 4.66. The molecule has 2 fully saturated rings. The smallest absolute Gasteiger partial charge is 0.227 e. The van der Waals surface area contributed by atoms with Crippen LogP contribution in [0.4, 0.5) is 0 Å². The lowest BCUT2D eigenvalue weighted by Crippen LogP contribution is -2.47. The molecule has 144 valence electrons. The van der Waals surface area contributed by atoms with Crippen LogP contribution in [0.2, 0.25) is 0 Å². The monoisotopic (exact) mass is 370 g/mol. The average Bonchev–Trinajstić information content (AvgIpc) is 3.00. The van der Waals surface area contributed by atoms with Gasteiger partial charge < -0.3 is 19.4 Å². The maximum absolute atomic E-state index is 13.0. The quantitative estimate of drug-likeness (QED) is 0.860. The van der Waals surface area contributed by atoms with E-state index in [0.717, 1.165) is 43.2 Å². The Bertz CT molecular complexity index is 747. The van der Waals surface area contributed by atoms with Crippen LogP contribution in [0.3, 0.4) is 0 Å². The zero-order valence-electron chi connectivity index (χ0n) is 15.6. The van der Waals surface area contributed by atoms with Crippen LogP contribution in [0.15, 0.2) is 36.8 Å². The molecule has 1 amide bonds. The molecule has 27 heavy (non-hydrogen) atoms. The third-order valence-corrected chi connectivity index (χ3v) is 5.33. The standard InChI is InChI=1S/C20H26N4O3/c1-26-19-4-2-15(3-5-19)6-20(25)24-9-16-8-23(10-17-7-21-14-22-17)11-18(24)13-27-12-16/h2-5,7,14,16,18H,6,8-13H2,1H3,(H,21,22)/t16-,18-/m0/s1. The number of imidazole rings is 1. The van der Waals surface area contributed by atoms with Crippen molar-refractivity contribution < 1.29 is 14.3 Å². The van der Waals surface area contributed by atoms with E-state index in [0.29, 0.717) is 25.6 Å². The van der Waals surface area contributed by atoms with E-state index < -0.39 is 0 Å². The van der Waals surface area contributed by atoms with Crippen molar-refractivity contribution in [3.05, 3.63) is 48.0 Å². The Morgan fingerprint density at radius 2 is 2.11 bits per heavy atom. The highest BCUT2D eigenvalue weighted by Crippen LogP contribution is 2.22. The summed E-state index contributed by atoms with van der Waals surface area (Å²) in [5.74, 6) is 1.31. The highest BCUT2D eigenvalue weighted by molar-refractivity contribution is 5.79. The molecule has 7 heteroatoms. The average molecular weight is 370 g/mol. The molecule has 0 spiro atoms. The molecule has 2 atom stereocenters. The lowest BCUT2D eigenvalue weighted by Gasteiger charge is -2.31. The molecule has 2 aromatic rings. The number of nitrogens with one attached hydrogen (secondary N) is 1. The Labute approximate surface area is 159 Å². The number of fused-ring (bicyclic) bond motifs is 3. The number of nitrogens with zero attached hydrogens (tertiary/aromatic N) is 3. The van der Waals surface area contributed by atoms with Crippen molar-refractivity contribution in [2.24, 2.45) is 5.92 Å². The lowest BCUT2D eigenvalue weighted by molar-refractivity contribution is -0.133. The van der Waals surface area contributed by atoms with Crippen LogP contribution in [0.1, 0.15) is 11.3 Å². The zero-order valence-corrected chi connectivity index (χ0v) is 15.6. The van der Waals surface area contributed by atoms with E-state index in [9.17, 15) is 4.79 Å². The normalized spacial score (nSPS) is 23.1. The van der Waals surface area contributed by atoms with Gasteiger partial charge in [-0.25, -0.2) is 4.98 Å². The molecule has 1 aromatic heterocycles. The molecule has 3 heterocycles. The van der Waals surface area contributed by atoms with Gasteiger partial charge in [-0.05, 0) is 17.7 Å². The van der Waals surface area contributed by atoms with Crippen molar-refractivity contribution in [3.63, 3.8) is 0 Å². The number of amides is 1. The maximum Gasteiger partial charge on any atom is 0.227 e. The van der Waals surface area contributed by atoms with Crippen molar-refractivity contribution in [3.8, 4) is 5.75 Å². The summed E-state index contributed by atoms with van der Waals surface area (Å²) in [7, 11) is 1.65. The SMILES string of the molecule is COc1ccc(CC(=O)N2C[C@H]3COC[C@@H]2CN(Cc2cnc[nH]2)C3)cc1. The summed E-state index contributed by atoms with van der Waals surface area (Å²) >= 11 is 0. The summed E-state index contributed by atoms with van der Waals surface area (Å²) in [6, 6.07) is 7.81. The number of aromatic amines is 1. The molecule has 7 nitrogen and oxygen atoms in total. The largest absolute Gasteiger partial charge is 0.497 e. The predicted molar refractivity (Wildman–Crippen MR) is 100 cm³/mol. The molecule has 2 saturated heterocycles. The molecule has 1 N–H and O–H groups in total. The molecule has 2 aliphatic rings. The van der Waals surface area contributed by atoms with Crippen LogP contribution < -0.4 is 4.74 Å². The molecule has 1 aromatic carbocycles. The molecule has 0 aliphatic carbocycles. The van der Waals surface area contributed by atoms with Crippen LogP contribution in [0.25, 0.3) is 0 Å². The summed E-state index contributed by atoms with van der Waals surface area (Å²) in [5, 5.41) is 0. The summed E-state index contributed by atoms with van der Waals surface area (Å²) < 4.78 is 11.0. The zero-order chi connectivity index (χ0) is 18.6. The van der Waals surface area contributed by atoms with Gasteiger partial charge in [-0.15, -0.1) is 0 Å². The number of aromatic nitrogens is 2. The molecule has 0 saturated carbocycles. The number of benzene rings is 1. The number of methoxy groups -OCH3 is 1. The second kappa shape index (κ2) is 8.10. The first-order valence-corrected chi connectivity index (χ1v) is 9.41. The summed E-state index contributed by atoms with van der Waals surface area (Å²) in [4.78, 5) is 24.8. The number of hydrogen-bond donors (Lipinski definition) is 1. The fourth-order valence-corrected chi connectivity index (χ4v) is 4.01. The van der Waals surface area contributed by atoms with Crippen LogP contribution in [0.5, 0.6) is 5.75 Å². The van der Waals surface area contributed by atoms with E-state index in [2.05, 4.69) is 14.9 Å². The number of carbonyl (C=O) groups excluding carboxylic acids is 1. The van der Waals surface area contributed by atoms with Crippen molar-refractivity contribution in [1.29, 1.82) is 0 Å². The van der Waals surface area contributed by atoms with E-state index in [1.165, 1.54) is 0 Å². The van der Waals surface area contributed by atoms with E-state index in [1.54, 1.807) is 13.4 Å². The summed E-state index contributed by atoms with van der Waals surface area (Å²) in [5.41, 5.74) is 2.11. The van der Waals surface area contributed by atoms with Gasteiger partial charge in [-0.2, -0.15) is 0 Å². The number of hydrogen-bond acceptors (Lipinski definition) is 5. The van der Waals surface area contributed by atoms with Crippen molar-refractivity contribution in [1.82, 2.24) is 19.8 Å². The predicted octanol–water partition coefficient (Wildman–Crippen LogP) is 1.32. The number of ether oxygens (including phenoxy) is 2. The fourth-order valence-electron chi connectivity index (χ4n) is 4.01. The maximum atomic E-state index is 13.0. The minimum Gasteiger partial charge on any atom is -0.497 e. The van der Waals surface area contributed by atoms with E-state index in [4.69, 9.17) is 9.47 Å². The Morgan fingerprint density at radius 1 is 1.26 bits per heavy atom.